The van der Waals surface area contributed by atoms with Crippen molar-refractivity contribution < 1.29 is 4.74 Å². The number of nitrogens with one attached hydrogen (secondary N) is 1. The second-order valence-electron chi connectivity index (χ2n) is 3.78. The van der Waals surface area contributed by atoms with Gasteiger partial charge in [0.15, 0.2) is 0 Å². The van der Waals surface area contributed by atoms with Gasteiger partial charge in [0.05, 0.1) is 6.61 Å². The lowest BCUT2D eigenvalue weighted by molar-refractivity contribution is 0.305. The Morgan fingerprint density at radius 3 is 3.00 bits per heavy atom. The average molecular weight is 244 g/mol. The molecule has 1 N–H and O–H groups in total. The summed E-state index contributed by atoms with van der Waals surface area (Å²) in [6.07, 6.45) is 6.20. The molecule has 2 heterocycles. The lowest BCUT2D eigenvalue weighted by Crippen LogP contribution is -2.05. The van der Waals surface area contributed by atoms with Gasteiger partial charge in [0, 0.05) is 31.2 Å². The van der Waals surface area contributed by atoms with Crippen molar-refractivity contribution in [1.82, 2.24) is 15.0 Å². The number of nitrogens with zero attached hydrogens (tertiary/aromatic N) is 3. The Hall–Kier alpha value is -2.17. The Morgan fingerprint density at radius 2 is 2.22 bits per heavy atom. The molecule has 0 aliphatic heterocycles. The predicted octanol–water partition coefficient (Wildman–Crippen LogP) is 2.27. The highest BCUT2D eigenvalue weighted by atomic mass is 16.5. The molecule has 0 saturated heterocycles. The standard InChI is InChI=1S/C13H16N4O/c1-2-8-18-12-5-7-15-13(17-12)16-10-11-4-3-6-14-9-11/h3-7,9H,2,8,10H2,1H3,(H,15,16,17). The van der Waals surface area contributed by atoms with Crippen LogP contribution in [0.3, 0.4) is 0 Å². The van der Waals surface area contributed by atoms with E-state index in [4.69, 9.17) is 4.74 Å². The highest BCUT2D eigenvalue weighted by molar-refractivity contribution is 5.29. The molecule has 0 bridgehead atoms. The second-order valence-corrected chi connectivity index (χ2v) is 3.78. The number of ether oxygens (including phenoxy) is 1. The van der Waals surface area contributed by atoms with Crippen LogP contribution >= 0.6 is 0 Å². The topological polar surface area (TPSA) is 59.9 Å². The largest absolute Gasteiger partial charge is 0.478 e. The smallest absolute Gasteiger partial charge is 0.226 e. The van der Waals surface area contributed by atoms with Crippen LogP contribution < -0.4 is 10.1 Å². The molecule has 2 aromatic heterocycles. The van der Waals surface area contributed by atoms with Gasteiger partial charge in [-0.2, -0.15) is 4.98 Å². The summed E-state index contributed by atoms with van der Waals surface area (Å²) in [6.45, 7) is 3.37. The van der Waals surface area contributed by atoms with Crippen molar-refractivity contribution in [2.45, 2.75) is 19.9 Å². The molecule has 2 rings (SSSR count). The lowest BCUT2D eigenvalue weighted by Gasteiger charge is -2.07. The van der Waals surface area contributed by atoms with Crippen molar-refractivity contribution in [1.29, 1.82) is 0 Å². The average Bonchev–Trinajstić information content (AvgIpc) is 2.44. The second kappa shape index (κ2) is 6.54. The third-order valence-corrected chi connectivity index (χ3v) is 2.26. The molecule has 0 unspecified atom stereocenters. The fourth-order valence-corrected chi connectivity index (χ4v) is 1.40. The highest BCUT2D eigenvalue weighted by Crippen LogP contribution is 2.09. The molecule has 94 valence electrons. The number of hydrogen-bond acceptors (Lipinski definition) is 5. The lowest BCUT2D eigenvalue weighted by atomic mass is 10.3. The monoisotopic (exact) mass is 244 g/mol. The summed E-state index contributed by atoms with van der Waals surface area (Å²) in [4.78, 5) is 12.4. The maximum atomic E-state index is 5.44. The molecule has 5 heteroatoms. The van der Waals surface area contributed by atoms with E-state index in [2.05, 4.69) is 27.2 Å². The zero-order valence-electron chi connectivity index (χ0n) is 10.3. The molecule has 2 aromatic rings. The number of pyridine rings is 1. The number of hydrogen-bond donors (Lipinski definition) is 1. The summed E-state index contributed by atoms with van der Waals surface area (Å²) < 4.78 is 5.44. The molecule has 0 saturated carbocycles. The third-order valence-electron chi connectivity index (χ3n) is 2.26. The molecule has 18 heavy (non-hydrogen) atoms. The maximum Gasteiger partial charge on any atom is 0.226 e. The molecule has 0 fully saturated rings. The van der Waals surface area contributed by atoms with Crippen molar-refractivity contribution in [2.75, 3.05) is 11.9 Å². The quantitative estimate of drug-likeness (QED) is 0.844. The van der Waals surface area contributed by atoms with Gasteiger partial charge in [-0.15, -0.1) is 0 Å². The van der Waals surface area contributed by atoms with E-state index < -0.39 is 0 Å². The van der Waals surface area contributed by atoms with Crippen LogP contribution in [0.1, 0.15) is 18.9 Å². The Balaban J connectivity index is 1.93. The molecule has 0 aromatic carbocycles. The van der Waals surface area contributed by atoms with Gasteiger partial charge in [-0.25, -0.2) is 4.98 Å². The Morgan fingerprint density at radius 1 is 1.28 bits per heavy atom. The minimum Gasteiger partial charge on any atom is -0.478 e. The molecule has 5 nitrogen and oxygen atoms in total. The summed E-state index contributed by atoms with van der Waals surface area (Å²) in [6, 6.07) is 5.65. The fourth-order valence-electron chi connectivity index (χ4n) is 1.40. The van der Waals surface area contributed by atoms with Gasteiger partial charge in [0.2, 0.25) is 11.8 Å². The molecule has 0 radical (unpaired) electrons. The van der Waals surface area contributed by atoms with Crippen LogP contribution in [0.4, 0.5) is 5.95 Å². The van der Waals surface area contributed by atoms with Gasteiger partial charge in [0.1, 0.15) is 0 Å². The van der Waals surface area contributed by atoms with Gasteiger partial charge < -0.3 is 10.1 Å². The van der Waals surface area contributed by atoms with Gasteiger partial charge >= 0.3 is 0 Å². The molecule has 0 aliphatic rings. The summed E-state index contributed by atoms with van der Waals surface area (Å²) in [7, 11) is 0. The first kappa shape index (κ1) is 12.3. The number of anilines is 1. The van der Waals surface area contributed by atoms with Crippen molar-refractivity contribution >= 4 is 5.95 Å². The van der Waals surface area contributed by atoms with Crippen LogP contribution in [0.2, 0.25) is 0 Å². The van der Waals surface area contributed by atoms with E-state index in [0.717, 1.165) is 12.0 Å². The number of rotatable bonds is 6. The first-order valence-corrected chi connectivity index (χ1v) is 5.97. The van der Waals surface area contributed by atoms with Crippen LogP contribution in [0.5, 0.6) is 5.88 Å². The minimum atomic E-state index is 0.562. The Labute approximate surface area is 106 Å². The van der Waals surface area contributed by atoms with Gasteiger partial charge in [-0.3, -0.25) is 4.98 Å². The SMILES string of the molecule is CCCOc1ccnc(NCc2cccnc2)n1. The van der Waals surface area contributed by atoms with E-state index in [1.165, 1.54) is 0 Å². The van der Waals surface area contributed by atoms with E-state index in [-0.39, 0.29) is 0 Å². The van der Waals surface area contributed by atoms with E-state index in [0.29, 0.717) is 25.0 Å². The van der Waals surface area contributed by atoms with Crippen LogP contribution in [0, 0.1) is 0 Å². The summed E-state index contributed by atoms with van der Waals surface area (Å²) >= 11 is 0. The molecule has 0 atom stereocenters. The third kappa shape index (κ3) is 3.69. The summed E-state index contributed by atoms with van der Waals surface area (Å²) in [5, 5.41) is 3.14. The van der Waals surface area contributed by atoms with E-state index in [9.17, 15) is 0 Å². The van der Waals surface area contributed by atoms with Crippen LogP contribution in [0.15, 0.2) is 36.8 Å². The fraction of sp³-hybridized carbons (Fsp3) is 0.308. The predicted molar refractivity (Wildman–Crippen MR) is 69.4 cm³/mol. The first-order valence-electron chi connectivity index (χ1n) is 5.97. The molecule has 0 spiro atoms. The highest BCUT2D eigenvalue weighted by Gasteiger charge is 1.99. The van der Waals surface area contributed by atoms with E-state index in [1.54, 1.807) is 18.5 Å². The first-order chi connectivity index (χ1) is 8.88. The van der Waals surface area contributed by atoms with E-state index >= 15 is 0 Å². The maximum absolute atomic E-state index is 5.44. The summed E-state index contributed by atoms with van der Waals surface area (Å²) in [5.74, 6) is 1.16. The number of aromatic nitrogens is 3. The molecule has 0 aliphatic carbocycles. The molecular weight excluding hydrogens is 228 g/mol. The molecule has 0 amide bonds. The van der Waals surface area contributed by atoms with Crippen LogP contribution in [-0.2, 0) is 6.54 Å². The molecular formula is C13H16N4O. The van der Waals surface area contributed by atoms with Gasteiger partial charge in [-0.1, -0.05) is 13.0 Å². The van der Waals surface area contributed by atoms with Gasteiger partial charge in [-0.05, 0) is 18.1 Å². The van der Waals surface area contributed by atoms with Crippen LogP contribution in [0.25, 0.3) is 0 Å². The van der Waals surface area contributed by atoms with E-state index in [1.807, 2.05) is 18.3 Å². The van der Waals surface area contributed by atoms with Crippen molar-refractivity contribution in [3.8, 4) is 5.88 Å². The normalized spacial score (nSPS) is 10.1. The van der Waals surface area contributed by atoms with Crippen molar-refractivity contribution in [3.05, 3.63) is 42.4 Å². The minimum absolute atomic E-state index is 0.562. The Bertz CT molecular complexity index is 475. The van der Waals surface area contributed by atoms with Gasteiger partial charge in [0.25, 0.3) is 0 Å². The zero-order valence-corrected chi connectivity index (χ0v) is 10.3. The van der Waals surface area contributed by atoms with Crippen LogP contribution in [-0.4, -0.2) is 21.6 Å². The summed E-state index contributed by atoms with van der Waals surface area (Å²) in [5.41, 5.74) is 1.08. The zero-order chi connectivity index (χ0) is 12.6. The van der Waals surface area contributed by atoms with Crippen molar-refractivity contribution in [3.63, 3.8) is 0 Å². The Kier molecular flexibility index (Phi) is 4.46. The van der Waals surface area contributed by atoms with Crippen molar-refractivity contribution in [2.24, 2.45) is 0 Å².